The molecule has 0 radical (unpaired) electrons. The van der Waals surface area contributed by atoms with Crippen LogP contribution in [-0.2, 0) is 26.0 Å². The smallest absolute Gasteiger partial charge is 0.310 e. The molecule has 150 valence electrons. The lowest BCUT2D eigenvalue weighted by atomic mass is 10.0. The number of halogens is 2. The number of carbonyl (C=O) groups excluding carboxylic acids is 1. The number of anilines is 1. The minimum atomic E-state index is -3.99. The lowest BCUT2D eigenvalue weighted by Crippen LogP contribution is -2.16. The van der Waals surface area contributed by atoms with E-state index in [9.17, 15) is 13.2 Å². The maximum Gasteiger partial charge on any atom is 0.310 e. The Labute approximate surface area is 179 Å². The second-order valence-electron chi connectivity index (χ2n) is 6.20. The van der Waals surface area contributed by atoms with Crippen LogP contribution in [0, 0.1) is 0 Å². The van der Waals surface area contributed by atoms with Gasteiger partial charge in [0.1, 0.15) is 0 Å². The summed E-state index contributed by atoms with van der Waals surface area (Å²) in [6.45, 7) is 0. The highest BCUT2D eigenvalue weighted by molar-refractivity contribution is 7.92. The molecule has 0 saturated heterocycles. The molecule has 0 heterocycles. The number of rotatable bonds is 6. The van der Waals surface area contributed by atoms with Crippen LogP contribution in [0.25, 0.3) is 11.1 Å². The van der Waals surface area contributed by atoms with Crippen molar-refractivity contribution < 1.29 is 17.9 Å². The number of benzene rings is 3. The van der Waals surface area contributed by atoms with Crippen LogP contribution >= 0.6 is 23.2 Å². The van der Waals surface area contributed by atoms with Crippen LogP contribution < -0.4 is 4.72 Å². The third-order valence-electron chi connectivity index (χ3n) is 4.17. The summed E-state index contributed by atoms with van der Waals surface area (Å²) >= 11 is 11.9. The molecule has 5 nitrogen and oxygen atoms in total. The molecule has 0 aromatic heterocycles. The summed E-state index contributed by atoms with van der Waals surface area (Å²) in [6.07, 6.45) is -0.0836. The van der Waals surface area contributed by atoms with E-state index in [0.717, 1.165) is 11.1 Å². The number of sulfonamides is 1. The second-order valence-corrected chi connectivity index (χ2v) is 8.76. The molecule has 0 unspecified atom stereocenters. The average Bonchev–Trinajstić information content (AvgIpc) is 2.69. The Hall–Kier alpha value is -2.54. The Kier molecular flexibility index (Phi) is 6.47. The Morgan fingerprint density at radius 1 is 0.931 bits per heavy atom. The molecule has 0 aliphatic heterocycles. The monoisotopic (exact) mass is 449 g/mol. The molecule has 0 spiro atoms. The fourth-order valence-electron chi connectivity index (χ4n) is 2.75. The standard InChI is InChI=1S/C21H17Cl2NO4S/c1-28-21(25)10-16-8-7-15(14-5-3-2-4-6-14)9-20(16)24-29(26,27)19-12-17(22)11-18(23)13-19/h2-9,11-13,24H,10H2,1H3. The molecule has 1 N–H and O–H groups in total. The van der Waals surface area contributed by atoms with Gasteiger partial charge in [-0.1, -0.05) is 65.7 Å². The zero-order valence-corrected chi connectivity index (χ0v) is 17.7. The van der Waals surface area contributed by atoms with E-state index in [1.807, 2.05) is 36.4 Å². The van der Waals surface area contributed by atoms with Crippen molar-refractivity contribution in [3.8, 4) is 11.1 Å². The SMILES string of the molecule is COC(=O)Cc1ccc(-c2ccccc2)cc1NS(=O)(=O)c1cc(Cl)cc(Cl)c1. The van der Waals surface area contributed by atoms with Gasteiger partial charge in [0.2, 0.25) is 0 Å². The van der Waals surface area contributed by atoms with Gasteiger partial charge in [0.05, 0.1) is 24.1 Å². The Morgan fingerprint density at radius 3 is 2.21 bits per heavy atom. The van der Waals surface area contributed by atoms with E-state index in [0.29, 0.717) is 5.56 Å². The van der Waals surface area contributed by atoms with E-state index in [2.05, 4.69) is 4.72 Å². The van der Waals surface area contributed by atoms with Crippen molar-refractivity contribution in [2.45, 2.75) is 11.3 Å². The van der Waals surface area contributed by atoms with Gasteiger partial charge in [-0.3, -0.25) is 9.52 Å². The summed E-state index contributed by atoms with van der Waals surface area (Å²) in [7, 11) is -2.72. The van der Waals surface area contributed by atoms with Crippen LogP contribution in [0.5, 0.6) is 0 Å². The number of hydrogen-bond acceptors (Lipinski definition) is 4. The van der Waals surface area contributed by atoms with Crippen LogP contribution in [0.15, 0.2) is 71.6 Å². The summed E-state index contributed by atoms with van der Waals surface area (Å²) in [5, 5.41) is 0.399. The van der Waals surface area contributed by atoms with Gasteiger partial charge in [0, 0.05) is 10.0 Å². The third-order valence-corrected chi connectivity index (χ3v) is 5.95. The van der Waals surface area contributed by atoms with Crippen LogP contribution in [0.4, 0.5) is 5.69 Å². The topological polar surface area (TPSA) is 72.5 Å². The minimum Gasteiger partial charge on any atom is -0.469 e. The molecule has 0 amide bonds. The fourth-order valence-corrected chi connectivity index (χ4v) is 4.57. The molecule has 0 saturated carbocycles. The number of nitrogens with one attached hydrogen (secondary N) is 1. The number of ether oxygens (including phenoxy) is 1. The van der Waals surface area contributed by atoms with Gasteiger partial charge in [-0.05, 0) is 41.0 Å². The Balaban J connectivity index is 2.05. The maximum atomic E-state index is 12.9. The number of esters is 1. The summed E-state index contributed by atoms with van der Waals surface area (Å²) in [5.41, 5.74) is 2.45. The first kappa shape index (κ1) is 21.2. The van der Waals surface area contributed by atoms with Crippen LogP contribution in [0.2, 0.25) is 10.0 Å². The van der Waals surface area contributed by atoms with E-state index in [4.69, 9.17) is 27.9 Å². The first-order chi connectivity index (χ1) is 13.8. The van der Waals surface area contributed by atoms with Crippen molar-refractivity contribution in [2.75, 3.05) is 11.8 Å². The molecule has 0 aliphatic carbocycles. The van der Waals surface area contributed by atoms with E-state index >= 15 is 0 Å². The Bertz CT molecular complexity index is 1130. The average molecular weight is 450 g/mol. The highest BCUT2D eigenvalue weighted by Crippen LogP contribution is 2.29. The van der Waals surface area contributed by atoms with Gasteiger partial charge in [-0.15, -0.1) is 0 Å². The zero-order valence-electron chi connectivity index (χ0n) is 15.4. The molecule has 8 heteroatoms. The van der Waals surface area contributed by atoms with Gasteiger partial charge in [0.25, 0.3) is 10.0 Å². The number of hydrogen-bond donors (Lipinski definition) is 1. The summed E-state index contributed by atoms with van der Waals surface area (Å²) in [5.74, 6) is -0.483. The third kappa shape index (κ3) is 5.29. The second kappa shape index (κ2) is 8.86. The number of methoxy groups -OCH3 is 1. The Morgan fingerprint density at radius 2 is 1.59 bits per heavy atom. The van der Waals surface area contributed by atoms with E-state index < -0.39 is 16.0 Å². The molecule has 3 rings (SSSR count). The lowest BCUT2D eigenvalue weighted by Gasteiger charge is -2.15. The molecule has 3 aromatic carbocycles. The maximum absolute atomic E-state index is 12.9. The van der Waals surface area contributed by atoms with Crippen molar-refractivity contribution in [1.82, 2.24) is 0 Å². The van der Waals surface area contributed by atoms with E-state index in [1.165, 1.54) is 25.3 Å². The first-order valence-electron chi connectivity index (χ1n) is 8.52. The van der Waals surface area contributed by atoms with Gasteiger partial charge < -0.3 is 4.74 Å². The predicted molar refractivity (Wildman–Crippen MR) is 115 cm³/mol. The van der Waals surface area contributed by atoms with Crippen molar-refractivity contribution >= 4 is 44.9 Å². The van der Waals surface area contributed by atoms with Crippen molar-refractivity contribution in [1.29, 1.82) is 0 Å². The van der Waals surface area contributed by atoms with Crippen molar-refractivity contribution in [3.05, 3.63) is 82.3 Å². The number of carbonyl (C=O) groups is 1. The van der Waals surface area contributed by atoms with E-state index in [1.54, 1.807) is 12.1 Å². The van der Waals surface area contributed by atoms with Crippen molar-refractivity contribution in [3.63, 3.8) is 0 Å². The van der Waals surface area contributed by atoms with Crippen molar-refractivity contribution in [2.24, 2.45) is 0 Å². The predicted octanol–water partition coefficient (Wildman–Crippen LogP) is 5.18. The van der Waals surface area contributed by atoms with E-state index in [-0.39, 0.29) is 27.0 Å². The molecule has 29 heavy (non-hydrogen) atoms. The molecular weight excluding hydrogens is 433 g/mol. The molecular formula is C21H17Cl2NO4S. The minimum absolute atomic E-state index is 0.0795. The summed E-state index contributed by atoms with van der Waals surface area (Å²) in [6, 6.07) is 18.7. The van der Waals surface area contributed by atoms with Crippen LogP contribution in [-0.4, -0.2) is 21.5 Å². The molecule has 0 aliphatic rings. The molecule has 0 fully saturated rings. The van der Waals surface area contributed by atoms with Gasteiger partial charge in [-0.2, -0.15) is 0 Å². The highest BCUT2D eigenvalue weighted by Gasteiger charge is 2.19. The van der Waals surface area contributed by atoms with Gasteiger partial charge >= 0.3 is 5.97 Å². The highest BCUT2D eigenvalue weighted by atomic mass is 35.5. The molecule has 3 aromatic rings. The molecule has 0 bridgehead atoms. The van der Waals surface area contributed by atoms with Crippen LogP contribution in [0.3, 0.4) is 0 Å². The first-order valence-corrected chi connectivity index (χ1v) is 10.8. The summed E-state index contributed by atoms with van der Waals surface area (Å²) in [4.78, 5) is 11.7. The summed E-state index contributed by atoms with van der Waals surface area (Å²) < 4.78 is 33.1. The fraction of sp³-hybridized carbons (Fsp3) is 0.0952. The van der Waals surface area contributed by atoms with Gasteiger partial charge in [-0.25, -0.2) is 8.42 Å². The lowest BCUT2D eigenvalue weighted by molar-refractivity contribution is -0.139. The van der Waals surface area contributed by atoms with Gasteiger partial charge in [0.15, 0.2) is 0 Å². The quantitative estimate of drug-likeness (QED) is 0.526. The largest absolute Gasteiger partial charge is 0.469 e. The molecule has 0 atom stereocenters. The normalized spacial score (nSPS) is 11.1. The zero-order chi connectivity index (χ0) is 21.0. The van der Waals surface area contributed by atoms with Crippen LogP contribution in [0.1, 0.15) is 5.56 Å².